The maximum Gasteiger partial charge on any atom is 0.254 e. The minimum Gasteiger partial charge on any atom is -0.341 e. The first kappa shape index (κ1) is 15.1. The van der Waals surface area contributed by atoms with Crippen molar-refractivity contribution in [2.24, 2.45) is 0 Å². The standard InChI is InChI=1S/C18H24N2O2/c21-17(15-9-4-3-5-10-15)20-14-8-11-16(20)18(22)19-12-6-1-2-7-13-19/h3-5,9-10,16H,1-2,6-8,11-14H2/t16-/m1/s1. The van der Waals surface area contributed by atoms with Gasteiger partial charge in [-0.3, -0.25) is 9.59 Å². The number of nitrogens with zero attached hydrogens (tertiary/aromatic N) is 2. The fourth-order valence-corrected chi connectivity index (χ4v) is 3.51. The lowest BCUT2D eigenvalue weighted by Gasteiger charge is -2.29. The first-order valence-electron chi connectivity index (χ1n) is 8.42. The summed E-state index contributed by atoms with van der Waals surface area (Å²) in [6.45, 7) is 2.39. The minimum absolute atomic E-state index is 0.00808. The number of benzene rings is 1. The Morgan fingerprint density at radius 1 is 0.864 bits per heavy atom. The summed E-state index contributed by atoms with van der Waals surface area (Å²) in [7, 11) is 0. The Morgan fingerprint density at radius 3 is 2.23 bits per heavy atom. The van der Waals surface area contributed by atoms with Crippen LogP contribution in [0.1, 0.15) is 48.9 Å². The number of hydrogen-bond donors (Lipinski definition) is 0. The van der Waals surface area contributed by atoms with Crippen LogP contribution in [0.15, 0.2) is 30.3 Å². The fraction of sp³-hybridized carbons (Fsp3) is 0.556. The van der Waals surface area contributed by atoms with Crippen LogP contribution < -0.4 is 0 Å². The summed E-state index contributed by atoms with van der Waals surface area (Å²) >= 11 is 0. The number of hydrogen-bond acceptors (Lipinski definition) is 2. The van der Waals surface area contributed by atoms with E-state index < -0.39 is 0 Å². The zero-order chi connectivity index (χ0) is 15.4. The van der Waals surface area contributed by atoms with E-state index in [1.54, 1.807) is 4.90 Å². The van der Waals surface area contributed by atoms with Crippen LogP contribution in [0.25, 0.3) is 0 Å². The van der Waals surface area contributed by atoms with Gasteiger partial charge in [0.05, 0.1) is 0 Å². The van der Waals surface area contributed by atoms with Gasteiger partial charge < -0.3 is 9.80 Å². The summed E-state index contributed by atoms with van der Waals surface area (Å²) in [5.41, 5.74) is 0.679. The molecule has 2 heterocycles. The summed E-state index contributed by atoms with van der Waals surface area (Å²) in [5.74, 6) is 0.148. The number of likely N-dealkylation sites (tertiary alicyclic amines) is 2. The third kappa shape index (κ3) is 3.16. The SMILES string of the molecule is O=C([C@H]1CCCN1C(=O)c1ccccc1)N1CCCCCC1. The molecule has 0 bridgehead atoms. The highest BCUT2D eigenvalue weighted by atomic mass is 16.2. The third-order valence-corrected chi connectivity index (χ3v) is 4.74. The number of amides is 2. The van der Waals surface area contributed by atoms with Gasteiger partial charge in [-0.25, -0.2) is 0 Å². The lowest BCUT2D eigenvalue weighted by atomic mass is 10.1. The summed E-state index contributed by atoms with van der Waals surface area (Å²) in [6, 6.07) is 9.04. The fourth-order valence-electron chi connectivity index (χ4n) is 3.51. The van der Waals surface area contributed by atoms with E-state index in [9.17, 15) is 9.59 Å². The maximum absolute atomic E-state index is 12.8. The molecule has 0 spiro atoms. The monoisotopic (exact) mass is 300 g/mol. The van der Waals surface area contributed by atoms with Gasteiger partial charge >= 0.3 is 0 Å². The topological polar surface area (TPSA) is 40.6 Å². The van der Waals surface area contributed by atoms with E-state index in [0.29, 0.717) is 12.1 Å². The Kier molecular flexibility index (Phi) is 4.76. The molecule has 1 aromatic carbocycles. The van der Waals surface area contributed by atoms with Crippen molar-refractivity contribution in [3.05, 3.63) is 35.9 Å². The molecule has 2 amide bonds. The van der Waals surface area contributed by atoms with Crippen molar-refractivity contribution in [1.29, 1.82) is 0 Å². The van der Waals surface area contributed by atoms with Gasteiger partial charge in [0.15, 0.2) is 0 Å². The van der Waals surface area contributed by atoms with Gasteiger partial charge in [-0.2, -0.15) is 0 Å². The molecule has 0 radical (unpaired) electrons. The van der Waals surface area contributed by atoms with Gasteiger partial charge in [0.1, 0.15) is 6.04 Å². The molecule has 0 N–H and O–H groups in total. The second kappa shape index (κ2) is 6.95. The average molecular weight is 300 g/mol. The molecule has 0 aliphatic carbocycles. The molecule has 2 saturated heterocycles. The molecule has 3 rings (SSSR count). The van der Waals surface area contributed by atoms with Crippen molar-refractivity contribution in [1.82, 2.24) is 9.80 Å². The van der Waals surface area contributed by atoms with Crippen molar-refractivity contribution >= 4 is 11.8 Å². The molecular formula is C18H24N2O2. The molecule has 0 unspecified atom stereocenters. The molecule has 1 aromatic rings. The lowest BCUT2D eigenvalue weighted by Crippen LogP contribution is -2.48. The minimum atomic E-state index is -0.259. The number of carbonyl (C=O) groups is 2. The van der Waals surface area contributed by atoms with Crippen molar-refractivity contribution in [2.75, 3.05) is 19.6 Å². The Bertz CT molecular complexity index is 521. The Balaban J connectivity index is 1.72. The van der Waals surface area contributed by atoms with E-state index in [0.717, 1.165) is 38.8 Å². The van der Waals surface area contributed by atoms with Crippen LogP contribution in [-0.2, 0) is 4.79 Å². The molecular weight excluding hydrogens is 276 g/mol. The highest BCUT2D eigenvalue weighted by Crippen LogP contribution is 2.23. The summed E-state index contributed by atoms with van der Waals surface area (Å²) in [6.07, 6.45) is 6.31. The smallest absolute Gasteiger partial charge is 0.254 e. The van der Waals surface area contributed by atoms with Crippen molar-refractivity contribution in [3.8, 4) is 0 Å². The second-order valence-corrected chi connectivity index (χ2v) is 6.26. The first-order valence-corrected chi connectivity index (χ1v) is 8.42. The van der Waals surface area contributed by atoms with Crippen LogP contribution in [0.3, 0.4) is 0 Å². The molecule has 2 aliphatic heterocycles. The van der Waals surface area contributed by atoms with E-state index >= 15 is 0 Å². The molecule has 2 aliphatic rings. The van der Waals surface area contributed by atoms with E-state index in [-0.39, 0.29) is 17.9 Å². The summed E-state index contributed by atoms with van der Waals surface area (Å²) < 4.78 is 0. The van der Waals surface area contributed by atoms with Gasteiger partial charge in [-0.15, -0.1) is 0 Å². The van der Waals surface area contributed by atoms with Gasteiger partial charge in [0, 0.05) is 25.2 Å². The first-order chi connectivity index (χ1) is 10.8. The predicted molar refractivity (Wildman–Crippen MR) is 85.5 cm³/mol. The van der Waals surface area contributed by atoms with Crippen LogP contribution in [0.2, 0.25) is 0 Å². The predicted octanol–water partition coefficient (Wildman–Crippen LogP) is 2.69. The van der Waals surface area contributed by atoms with Gasteiger partial charge in [0.25, 0.3) is 5.91 Å². The van der Waals surface area contributed by atoms with Crippen LogP contribution >= 0.6 is 0 Å². The summed E-state index contributed by atoms with van der Waals surface area (Å²) in [4.78, 5) is 29.3. The lowest BCUT2D eigenvalue weighted by molar-refractivity contribution is -0.135. The molecule has 4 heteroatoms. The van der Waals surface area contributed by atoms with Gasteiger partial charge in [-0.05, 0) is 37.8 Å². The van der Waals surface area contributed by atoms with E-state index in [1.807, 2.05) is 35.2 Å². The zero-order valence-corrected chi connectivity index (χ0v) is 13.0. The summed E-state index contributed by atoms with van der Waals surface area (Å²) in [5, 5.41) is 0. The molecule has 0 saturated carbocycles. The molecule has 0 aromatic heterocycles. The molecule has 118 valence electrons. The van der Waals surface area contributed by atoms with E-state index in [2.05, 4.69) is 0 Å². The highest BCUT2D eigenvalue weighted by molar-refractivity contribution is 5.97. The highest BCUT2D eigenvalue weighted by Gasteiger charge is 2.36. The average Bonchev–Trinajstić information content (AvgIpc) is 2.89. The zero-order valence-electron chi connectivity index (χ0n) is 13.0. The normalized spacial score (nSPS) is 22.5. The Labute approximate surface area is 132 Å². The quantitative estimate of drug-likeness (QED) is 0.842. The van der Waals surface area contributed by atoms with E-state index in [1.165, 1.54) is 12.8 Å². The Morgan fingerprint density at radius 2 is 1.55 bits per heavy atom. The number of carbonyl (C=O) groups excluding carboxylic acids is 2. The van der Waals surface area contributed by atoms with Gasteiger partial charge in [-0.1, -0.05) is 31.0 Å². The van der Waals surface area contributed by atoms with Crippen LogP contribution in [0.5, 0.6) is 0 Å². The third-order valence-electron chi connectivity index (χ3n) is 4.74. The van der Waals surface area contributed by atoms with Crippen molar-refractivity contribution in [3.63, 3.8) is 0 Å². The van der Waals surface area contributed by atoms with Gasteiger partial charge in [0.2, 0.25) is 5.91 Å². The largest absolute Gasteiger partial charge is 0.341 e. The number of rotatable bonds is 2. The molecule has 2 fully saturated rings. The van der Waals surface area contributed by atoms with Crippen LogP contribution in [0.4, 0.5) is 0 Å². The second-order valence-electron chi connectivity index (χ2n) is 6.26. The van der Waals surface area contributed by atoms with Crippen LogP contribution in [-0.4, -0.2) is 47.3 Å². The van der Waals surface area contributed by atoms with Crippen molar-refractivity contribution in [2.45, 2.75) is 44.6 Å². The molecule has 4 nitrogen and oxygen atoms in total. The van der Waals surface area contributed by atoms with Crippen LogP contribution in [0, 0.1) is 0 Å². The molecule has 22 heavy (non-hydrogen) atoms. The van der Waals surface area contributed by atoms with Crippen molar-refractivity contribution < 1.29 is 9.59 Å². The Hall–Kier alpha value is -1.84. The molecule has 1 atom stereocenters. The maximum atomic E-state index is 12.8. The van der Waals surface area contributed by atoms with E-state index in [4.69, 9.17) is 0 Å².